The number of nitrogens with zero attached hydrogens (tertiary/aromatic N) is 3. The maximum atomic E-state index is 13.2. The number of aliphatic imine (C=N–C) groups is 1. The van der Waals surface area contributed by atoms with Crippen molar-refractivity contribution in [1.82, 2.24) is 15.2 Å². The van der Waals surface area contributed by atoms with Crippen molar-refractivity contribution in [3.8, 4) is 0 Å². The molecule has 1 aliphatic heterocycles. The molecule has 0 saturated heterocycles. The Morgan fingerprint density at radius 3 is 2.45 bits per heavy atom. The van der Waals surface area contributed by atoms with Gasteiger partial charge in [-0.05, 0) is 58.2 Å². The summed E-state index contributed by atoms with van der Waals surface area (Å²) in [4.78, 5) is 36.3. The van der Waals surface area contributed by atoms with Gasteiger partial charge in [0.25, 0.3) is 0 Å². The molecule has 0 aromatic carbocycles. The molecule has 7 heteroatoms. The number of aryl methyl sites for hydroxylation is 1. The molecule has 0 aliphatic carbocycles. The van der Waals surface area contributed by atoms with Crippen molar-refractivity contribution >= 4 is 29.6 Å². The van der Waals surface area contributed by atoms with E-state index in [1.54, 1.807) is 33.0 Å². The number of alkyl carbamates (subject to hydrolysis) is 1. The van der Waals surface area contributed by atoms with Gasteiger partial charge in [0.05, 0.1) is 11.4 Å². The maximum absolute atomic E-state index is 13.2. The van der Waals surface area contributed by atoms with Gasteiger partial charge in [-0.1, -0.05) is 13.8 Å². The summed E-state index contributed by atoms with van der Waals surface area (Å²) in [7, 11) is 0. The monoisotopic (exact) mass is 400 g/mol. The first-order valence-electron chi connectivity index (χ1n) is 10.2. The van der Waals surface area contributed by atoms with Crippen LogP contribution in [0.4, 0.5) is 10.5 Å². The van der Waals surface area contributed by atoms with Gasteiger partial charge < -0.3 is 9.64 Å². The van der Waals surface area contributed by atoms with Crippen LogP contribution in [0.15, 0.2) is 22.8 Å². The molecular formula is C22H32N4O3. The molecule has 0 unspecified atom stereocenters. The molecule has 2 rings (SSSR count). The summed E-state index contributed by atoms with van der Waals surface area (Å²) in [6.07, 6.45) is 4.90. The Morgan fingerprint density at radius 1 is 1.21 bits per heavy atom. The third-order valence-corrected chi connectivity index (χ3v) is 4.15. The van der Waals surface area contributed by atoms with Gasteiger partial charge in [0.15, 0.2) is 0 Å². The lowest BCUT2D eigenvalue weighted by atomic mass is 10.1. The van der Waals surface area contributed by atoms with Gasteiger partial charge in [-0.15, -0.1) is 0 Å². The molecule has 7 nitrogen and oxygen atoms in total. The highest BCUT2D eigenvalue weighted by molar-refractivity contribution is 6.08. The lowest BCUT2D eigenvalue weighted by molar-refractivity contribution is -0.127. The number of ether oxygens (including phenoxy) is 1. The molecule has 2 amide bonds. The van der Waals surface area contributed by atoms with E-state index < -0.39 is 11.7 Å². The van der Waals surface area contributed by atoms with E-state index >= 15 is 0 Å². The zero-order valence-electron chi connectivity index (χ0n) is 18.3. The highest BCUT2D eigenvalue weighted by Crippen LogP contribution is 2.27. The van der Waals surface area contributed by atoms with E-state index in [1.807, 2.05) is 31.7 Å². The van der Waals surface area contributed by atoms with Crippen LogP contribution in [-0.4, -0.2) is 46.4 Å². The average Bonchev–Trinajstić information content (AvgIpc) is 2.77. The summed E-state index contributed by atoms with van der Waals surface area (Å²) >= 11 is 0. The minimum absolute atomic E-state index is 0.0531. The summed E-state index contributed by atoms with van der Waals surface area (Å²) < 4.78 is 5.35. The van der Waals surface area contributed by atoms with Crippen molar-refractivity contribution < 1.29 is 14.3 Å². The molecule has 158 valence electrons. The fraction of sp³-hybridized carbons (Fsp3) is 0.545. The Labute approximate surface area is 173 Å². The molecular weight excluding hydrogens is 368 g/mol. The largest absolute Gasteiger partial charge is 0.444 e. The lowest BCUT2D eigenvalue weighted by Crippen LogP contribution is -2.38. The highest BCUT2D eigenvalue weighted by Gasteiger charge is 2.24. The molecule has 1 aromatic heterocycles. The van der Waals surface area contributed by atoms with Gasteiger partial charge in [-0.3, -0.25) is 15.1 Å². The predicted octanol–water partition coefficient (Wildman–Crippen LogP) is 4.38. The summed E-state index contributed by atoms with van der Waals surface area (Å²) in [5.41, 5.74) is 2.12. The first-order chi connectivity index (χ1) is 13.6. The summed E-state index contributed by atoms with van der Waals surface area (Å²) in [5, 5.41) is 2.71. The van der Waals surface area contributed by atoms with Crippen molar-refractivity contribution in [2.75, 3.05) is 13.1 Å². The van der Waals surface area contributed by atoms with Crippen LogP contribution < -0.4 is 5.32 Å². The number of amidine groups is 1. The van der Waals surface area contributed by atoms with Gasteiger partial charge in [0.2, 0.25) is 5.91 Å². The summed E-state index contributed by atoms with van der Waals surface area (Å²) in [6.45, 7) is 12.8. The van der Waals surface area contributed by atoms with Crippen molar-refractivity contribution in [3.63, 3.8) is 0 Å². The zero-order chi connectivity index (χ0) is 21.6. The van der Waals surface area contributed by atoms with E-state index in [-0.39, 0.29) is 12.3 Å². The molecule has 0 atom stereocenters. The molecule has 0 bridgehead atoms. The first kappa shape index (κ1) is 22.6. The van der Waals surface area contributed by atoms with E-state index in [4.69, 9.17) is 4.74 Å². The number of fused-ring (bicyclic) bond motifs is 1. The lowest BCUT2D eigenvalue weighted by Gasteiger charge is -2.23. The Bertz CT molecular complexity index is 816. The number of amides is 2. The van der Waals surface area contributed by atoms with E-state index in [1.165, 1.54) is 0 Å². The first-order valence-corrected chi connectivity index (χ1v) is 10.2. The molecule has 0 spiro atoms. The Balaban J connectivity index is 2.38. The number of hydrogen-bond donors (Lipinski definition) is 1. The third-order valence-electron chi connectivity index (χ3n) is 4.15. The van der Waals surface area contributed by atoms with Crippen LogP contribution >= 0.6 is 0 Å². The zero-order valence-corrected chi connectivity index (χ0v) is 18.3. The van der Waals surface area contributed by atoms with Gasteiger partial charge in [-0.25, -0.2) is 9.79 Å². The van der Waals surface area contributed by atoms with E-state index in [0.29, 0.717) is 35.9 Å². The number of aromatic nitrogens is 1. The van der Waals surface area contributed by atoms with Crippen molar-refractivity contribution in [2.45, 2.75) is 66.4 Å². The second kappa shape index (κ2) is 9.67. The quantitative estimate of drug-likeness (QED) is 0.795. The molecule has 0 radical (unpaired) electrons. The van der Waals surface area contributed by atoms with E-state index in [2.05, 4.69) is 15.3 Å². The smallest absolute Gasteiger partial charge is 0.413 e. The van der Waals surface area contributed by atoms with Crippen LogP contribution in [0.5, 0.6) is 0 Å². The summed E-state index contributed by atoms with van der Waals surface area (Å²) in [5.74, 6) is 0.320. The van der Waals surface area contributed by atoms with Gasteiger partial charge in [0.1, 0.15) is 11.4 Å². The molecule has 1 aliphatic rings. The molecule has 2 heterocycles. The van der Waals surface area contributed by atoms with Crippen LogP contribution in [0.1, 0.15) is 65.1 Å². The topological polar surface area (TPSA) is 83.9 Å². The van der Waals surface area contributed by atoms with Gasteiger partial charge in [-0.2, -0.15) is 0 Å². The SMILES string of the molecule is CCCN(CCC)C(=O)C1=Cc2ncc(C)cc2N=C(NC(=O)OC(C)(C)C)C1. The minimum atomic E-state index is -0.626. The number of pyridine rings is 1. The average molecular weight is 401 g/mol. The van der Waals surface area contributed by atoms with Crippen LogP contribution in [0.3, 0.4) is 0 Å². The molecule has 1 aromatic rings. The van der Waals surface area contributed by atoms with Crippen LogP contribution in [-0.2, 0) is 9.53 Å². The maximum Gasteiger partial charge on any atom is 0.413 e. The number of nitrogens with one attached hydrogen (secondary N) is 1. The minimum Gasteiger partial charge on any atom is -0.444 e. The Kier molecular flexibility index (Phi) is 7.53. The molecule has 0 saturated carbocycles. The van der Waals surface area contributed by atoms with Crippen LogP contribution in [0, 0.1) is 6.92 Å². The van der Waals surface area contributed by atoms with E-state index in [9.17, 15) is 9.59 Å². The number of hydrogen-bond acceptors (Lipinski definition) is 5. The van der Waals surface area contributed by atoms with Gasteiger partial charge >= 0.3 is 6.09 Å². The second-order valence-corrected chi connectivity index (χ2v) is 8.24. The third kappa shape index (κ3) is 6.69. The van der Waals surface area contributed by atoms with Crippen LogP contribution in [0.2, 0.25) is 0 Å². The highest BCUT2D eigenvalue weighted by atomic mass is 16.6. The normalized spacial score (nSPS) is 13.6. The van der Waals surface area contributed by atoms with Crippen molar-refractivity contribution in [2.24, 2.45) is 4.99 Å². The number of carbonyl (C=O) groups is 2. The van der Waals surface area contributed by atoms with Gasteiger partial charge in [0, 0.05) is 31.3 Å². The number of carbonyl (C=O) groups excluding carboxylic acids is 2. The Morgan fingerprint density at radius 2 is 1.86 bits per heavy atom. The second-order valence-electron chi connectivity index (χ2n) is 8.24. The van der Waals surface area contributed by atoms with Crippen molar-refractivity contribution in [3.05, 3.63) is 29.1 Å². The standard InChI is InChI=1S/C22H32N4O3/c1-7-9-26(10-8-2)20(27)16-12-17-18(11-15(3)14-23-17)24-19(13-16)25-21(28)29-22(4,5)6/h11-12,14H,7-10,13H2,1-6H3,(H,24,25,28). The molecule has 0 fully saturated rings. The van der Waals surface area contributed by atoms with E-state index in [0.717, 1.165) is 18.4 Å². The fourth-order valence-corrected chi connectivity index (χ4v) is 3.04. The Hall–Kier alpha value is -2.70. The predicted molar refractivity (Wildman–Crippen MR) is 115 cm³/mol. The molecule has 29 heavy (non-hydrogen) atoms. The number of rotatable bonds is 5. The molecule has 1 N–H and O–H groups in total. The van der Waals surface area contributed by atoms with Crippen molar-refractivity contribution in [1.29, 1.82) is 0 Å². The fourth-order valence-electron chi connectivity index (χ4n) is 3.04. The summed E-state index contributed by atoms with van der Waals surface area (Å²) in [6, 6.07) is 1.89. The van der Waals surface area contributed by atoms with Crippen LogP contribution in [0.25, 0.3) is 6.08 Å².